The van der Waals surface area contributed by atoms with E-state index in [4.69, 9.17) is 27.9 Å². The first-order valence-electron chi connectivity index (χ1n) is 6.58. The van der Waals surface area contributed by atoms with Crippen LogP contribution in [0, 0.1) is 3.57 Å². The molecule has 2 rings (SSSR count). The Kier molecular flexibility index (Phi) is 6.17. The third kappa shape index (κ3) is 4.03. The van der Waals surface area contributed by atoms with Crippen LogP contribution in [0.15, 0.2) is 36.4 Å². The van der Waals surface area contributed by atoms with Gasteiger partial charge in [-0.15, -0.1) is 0 Å². The molecule has 2 aromatic carbocycles. The van der Waals surface area contributed by atoms with Gasteiger partial charge in [-0.25, -0.2) is 0 Å². The quantitative estimate of drug-likeness (QED) is 0.643. The number of rotatable bonds is 5. The Bertz CT molecular complexity index is 634. The molecular weight excluding hydrogens is 420 g/mol. The molecular formula is C16H16Cl2INO. The standard InChI is InChI=1S/C16H16Cl2INO/c1-3-20-16(12-9-11(17)5-7-14(12)19)10-4-6-13(18)15(8-10)21-2/h4-9,16,20H,3H2,1-2H3. The molecule has 21 heavy (non-hydrogen) atoms. The van der Waals surface area contributed by atoms with Gasteiger partial charge in [0.15, 0.2) is 0 Å². The highest BCUT2D eigenvalue weighted by molar-refractivity contribution is 14.1. The van der Waals surface area contributed by atoms with Crippen molar-refractivity contribution in [3.05, 3.63) is 61.1 Å². The van der Waals surface area contributed by atoms with Crippen LogP contribution in [0.5, 0.6) is 5.75 Å². The highest BCUT2D eigenvalue weighted by Gasteiger charge is 2.17. The Morgan fingerprint density at radius 1 is 1.19 bits per heavy atom. The molecule has 0 aliphatic carbocycles. The van der Waals surface area contributed by atoms with Gasteiger partial charge in [-0.05, 0) is 70.6 Å². The molecule has 0 heterocycles. The Hall–Kier alpha value is -0.490. The average molecular weight is 436 g/mol. The predicted octanol–water partition coefficient (Wildman–Crippen LogP) is 5.31. The second-order valence-electron chi connectivity index (χ2n) is 4.55. The first-order chi connectivity index (χ1) is 10.1. The van der Waals surface area contributed by atoms with Crippen LogP contribution in [-0.2, 0) is 0 Å². The zero-order valence-corrected chi connectivity index (χ0v) is 15.5. The number of benzene rings is 2. The number of hydrogen-bond acceptors (Lipinski definition) is 2. The van der Waals surface area contributed by atoms with Crippen molar-refractivity contribution in [2.75, 3.05) is 13.7 Å². The van der Waals surface area contributed by atoms with Gasteiger partial charge in [-0.2, -0.15) is 0 Å². The van der Waals surface area contributed by atoms with Gasteiger partial charge in [-0.3, -0.25) is 0 Å². The van der Waals surface area contributed by atoms with Gasteiger partial charge < -0.3 is 10.1 Å². The fourth-order valence-corrected chi connectivity index (χ4v) is 3.23. The summed E-state index contributed by atoms with van der Waals surface area (Å²) in [5, 5.41) is 4.83. The molecule has 0 saturated carbocycles. The molecule has 0 radical (unpaired) electrons. The van der Waals surface area contributed by atoms with E-state index in [0.29, 0.717) is 10.8 Å². The Balaban J connectivity index is 2.50. The van der Waals surface area contributed by atoms with Crippen LogP contribution in [0.2, 0.25) is 10.0 Å². The van der Waals surface area contributed by atoms with Crippen molar-refractivity contribution >= 4 is 45.8 Å². The van der Waals surface area contributed by atoms with Crippen molar-refractivity contribution < 1.29 is 4.74 Å². The third-order valence-corrected chi connectivity index (χ3v) is 4.72. The number of methoxy groups -OCH3 is 1. The Labute approximate surface area is 148 Å². The van der Waals surface area contributed by atoms with E-state index in [0.717, 1.165) is 26.3 Å². The van der Waals surface area contributed by atoms with E-state index in [9.17, 15) is 0 Å². The van der Waals surface area contributed by atoms with Crippen molar-refractivity contribution in [1.29, 1.82) is 0 Å². The maximum absolute atomic E-state index is 6.16. The van der Waals surface area contributed by atoms with Crippen LogP contribution in [0.4, 0.5) is 0 Å². The van der Waals surface area contributed by atoms with Crippen LogP contribution in [0.1, 0.15) is 24.1 Å². The summed E-state index contributed by atoms with van der Waals surface area (Å²) in [6, 6.07) is 11.8. The monoisotopic (exact) mass is 435 g/mol. The van der Waals surface area contributed by atoms with Gasteiger partial charge >= 0.3 is 0 Å². The zero-order chi connectivity index (χ0) is 15.4. The van der Waals surface area contributed by atoms with Crippen LogP contribution >= 0.6 is 45.8 Å². The molecule has 0 fully saturated rings. The van der Waals surface area contributed by atoms with Gasteiger partial charge in [0.05, 0.1) is 18.2 Å². The summed E-state index contributed by atoms with van der Waals surface area (Å²) >= 11 is 14.6. The molecule has 112 valence electrons. The van der Waals surface area contributed by atoms with Crippen LogP contribution in [0.3, 0.4) is 0 Å². The number of hydrogen-bond donors (Lipinski definition) is 1. The number of halogens is 3. The summed E-state index contributed by atoms with van der Waals surface area (Å²) in [5.41, 5.74) is 2.24. The van der Waals surface area contributed by atoms with E-state index in [1.165, 1.54) is 0 Å². The van der Waals surface area contributed by atoms with E-state index in [1.807, 2.05) is 36.4 Å². The predicted molar refractivity (Wildman–Crippen MR) is 97.7 cm³/mol. The molecule has 1 N–H and O–H groups in total. The molecule has 0 aliphatic rings. The van der Waals surface area contributed by atoms with Crippen molar-refractivity contribution in [2.45, 2.75) is 13.0 Å². The normalized spacial score (nSPS) is 12.2. The van der Waals surface area contributed by atoms with E-state index in [2.05, 4.69) is 34.8 Å². The molecule has 0 amide bonds. The summed E-state index contributed by atoms with van der Waals surface area (Å²) in [6.07, 6.45) is 0. The second kappa shape index (κ2) is 7.68. The maximum Gasteiger partial charge on any atom is 0.137 e. The molecule has 0 bridgehead atoms. The molecule has 0 aliphatic heterocycles. The summed E-state index contributed by atoms with van der Waals surface area (Å²) in [4.78, 5) is 0. The first kappa shape index (κ1) is 16.9. The lowest BCUT2D eigenvalue weighted by Crippen LogP contribution is -2.23. The van der Waals surface area contributed by atoms with E-state index in [1.54, 1.807) is 7.11 Å². The van der Waals surface area contributed by atoms with Gasteiger partial charge in [0, 0.05) is 8.59 Å². The largest absolute Gasteiger partial charge is 0.495 e. The van der Waals surface area contributed by atoms with Crippen molar-refractivity contribution in [2.24, 2.45) is 0 Å². The molecule has 0 aromatic heterocycles. The minimum atomic E-state index is 0.0479. The fourth-order valence-electron chi connectivity index (χ4n) is 2.20. The molecule has 5 heteroatoms. The Morgan fingerprint density at radius 3 is 2.62 bits per heavy atom. The summed E-state index contributed by atoms with van der Waals surface area (Å²) in [7, 11) is 1.62. The molecule has 2 aromatic rings. The fraction of sp³-hybridized carbons (Fsp3) is 0.250. The topological polar surface area (TPSA) is 21.3 Å². The van der Waals surface area contributed by atoms with Gasteiger partial charge in [0.2, 0.25) is 0 Å². The van der Waals surface area contributed by atoms with Gasteiger partial charge in [0.25, 0.3) is 0 Å². The lowest BCUT2D eigenvalue weighted by molar-refractivity contribution is 0.414. The minimum absolute atomic E-state index is 0.0479. The minimum Gasteiger partial charge on any atom is -0.495 e. The van der Waals surface area contributed by atoms with Crippen LogP contribution in [-0.4, -0.2) is 13.7 Å². The summed E-state index contributed by atoms with van der Waals surface area (Å²) < 4.78 is 6.48. The summed E-state index contributed by atoms with van der Waals surface area (Å²) in [6.45, 7) is 2.93. The van der Waals surface area contributed by atoms with Crippen LogP contribution in [0.25, 0.3) is 0 Å². The van der Waals surface area contributed by atoms with Crippen molar-refractivity contribution in [3.63, 3.8) is 0 Å². The second-order valence-corrected chi connectivity index (χ2v) is 6.56. The van der Waals surface area contributed by atoms with Crippen LogP contribution < -0.4 is 10.1 Å². The SMILES string of the molecule is CCNC(c1ccc(Cl)c(OC)c1)c1cc(Cl)ccc1I. The van der Waals surface area contributed by atoms with E-state index >= 15 is 0 Å². The van der Waals surface area contributed by atoms with E-state index in [-0.39, 0.29) is 6.04 Å². The summed E-state index contributed by atoms with van der Waals surface area (Å²) in [5.74, 6) is 0.675. The highest BCUT2D eigenvalue weighted by Crippen LogP contribution is 2.33. The highest BCUT2D eigenvalue weighted by atomic mass is 127. The van der Waals surface area contributed by atoms with E-state index < -0.39 is 0 Å². The number of ether oxygens (including phenoxy) is 1. The average Bonchev–Trinajstić information content (AvgIpc) is 2.48. The first-order valence-corrected chi connectivity index (χ1v) is 8.42. The maximum atomic E-state index is 6.16. The van der Waals surface area contributed by atoms with Crippen molar-refractivity contribution in [1.82, 2.24) is 5.32 Å². The lowest BCUT2D eigenvalue weighted by Gasteiger charge is -2.21. The lowest BCUT2D eigenvalue weighted by atomic mass is 9.98. The molecule has 1 unspecified atom stereocenters. The smallest absolute Gasteiger partial charge is 0.137 e. The molecule has 0 saturated heterocycles. The molecule has 1 atom stereocenters. The van der Waals surface area contributed by atoms with Crippen molar-refractivity contribution in [3.8, 4) is 5.75 Å². The molecule has 2 nitrogen and oxygen atoms in total. The Morgan fingerprint density at radius 2 is 1.95 bits per heavy atom. The zero-order valence-electron chi connectivity index (χ0n) is 11.8. The van der Waals surface area contributed by atoms with Gasteiger partial charge in [-0.1, -0.05) is 36.2 Å². The molecule has 0 spiro atoms. The number of nitrogens with one attached hydrogen (secondary N) is 1. The van der Waals surface area contributed by atoms with Gasteiger partial charge in [0.1, 0.15) is 5.75 Å². The third-order valence-electron chi connectivity index (χ3n) is 3.19.